The fourth-order valence-electron chi connectivity index (χ4n) is 3.42. The maximum Gasteiger partial charge on any atom is 0.573 e. The number of carbonyl (C=O) groups excluding carboxylic acids is 1. The molecule has 0 saturated carbocycles. The van der Waals surface area contributed by atoms with Crippen LogP contribution in [0.1, 0.15) is 37.3 Å². The molecule has 3 rings (SSSR count). The lowest BCUT2D eigenvalue weighted by Crippen LogP contribution is -2.42. The van der Waals surface area contributed by atoms with Gasteiger partial charge in [0, 0.05) is 5.92 Å². The molecule has 0 aliphatic carbocycles. The molecule has 1 aliphatic heterocycles. The van der Waals surface area contributed by atoms with Gasteiger partial charge in [-0.3, -0.25) is 4.79 Å². The first-order valence-electron chi connectivity index (χ1n) is 10.1. The molecule has 0 radical (unpaired) electrons. The van der Waals surface area contributed by atoms with E-state index in [0.717, 1.165) is 5.56 Å². The van der Waals surface area contributed by atoms with Gasteiger partial charge in [-0.05, 0) is 55.3 Å². The summed E-state index contributed by atoms with van der Waals surface area (Å²) in [6.45, 7) is 3.95. The Morgan fingerprint density at radius 1 is 1.21 bits per heavy atom. The van der Waals surface area contributed by atoms with Crippen molar-refractivity contribution in [3.8, 4) is 11.5 Å². The zero-order chi connectivity index (χ0) is 24.1. The summed E-state index contributed by atoms with van der Waals surface area (Å²) in [6, 6.07) is 11.1. The summed E-state index contributed by atoms with van der Waals surface area (Å²) in [6.07, 6.45) is -1.34. The lowest BCUT2D eigenvalue weighted by atomic mass is 9.79. The van der Waals surface area contributed by atoms with Crippen molar-refractivity contribution in [2.24, 2.45) is 0 Å². The number of hydrogen-bond donors (Lipinski definition) is 1. The first-order valence-corrected chi connectivity index (χ1v) is 10.5. The van der Waals surface area contributed by atoms with E-state index in [-0.39, 0.29) is 36.5 Å². The van der Waals surface area contributed by atoms with Crippen LogP contribution in [0, 0.1) is 0 Å². The molecule has 1 heterocycles. The molecule has 0 amide bonds. The third-order valence-electron chi connectivity index (χ3n) is 5.07. The van der Waals surface area contributed by atoms with Crippen LogP contribution in [-0.2, 0) is 21.0 Å². The molecular weight excluding hydrogens is 463 g/mol. The molecule has 0 saturated heterocycles. The summed E-state index contributed by atoms with van der Waals surface area (Å²) in [5, 5.41) is -0.153. The molecule has 2 aromatic rings. The van der Waals surface area contributed by atoms with E-state index in [0.29, 0.717) is 11.3 Å². The van der Waals surface area contributed by atoms with Crippen molar-refractivity contribution in [3.05, 3.63) is 71.0 Å². The Hall–Kier alpha value is -2.91. The number of rotatable bonds is 9. The van der Waals surface area contributed by atoms with Gasteiger partial charge in [-0.1, -0.05) is 29.8 Å². The molecule has 0 aromatic heterocycles. The average molecular weight is 486 g/mol. The summed E-state index contributed by atoms with van der Waals surface area (Å²) < 4.78 is 52.3. The van der Waals surface area contributed by atoms with Gasteiger partial charge in [-0.15, -0.1) is 18.7 Å². The zero-order valence-corrected chi connectivity index (χ0v) is 18.7. The second-order valence-electron chi connectivity index (χ2n) is 7.54. The van der Waals surface area contributed by atoms with Crippen LogP contribution in [0.2, 0.25) is 5.02 Å². The number of esters is 1. The molecule has 2 atom stereocenters. The third kappa shape index (κ3) is 6.79. The fraction of sp³-hybridized carbons (Fsp3) is 0.348. The van der Waals surface area contributed by atoms with Crippen molar-refractivity contribution in [2.75, 3.05) is 6.61 Å². The van der Waals surface area contributed by atoms with Crippen LogP contribution in [0.5, 0.6) is 11.5 Å². The van der Waals surface area contributed by atoms with Gasteiger partial charge in [-0.25, -0.2) is 0 Å². The molecule has 1 aliphatic rings. The highest BCUT2D eigenvalue weighted by molar-refractivity contribution is 6.32. The van der Waals surface area contributed by atoms with E-state index in [2.05, 4.69) is 10.2 Å². The highest BCUT2D eigenvalue weighted by Gasteiger charge is 2.38. The van der Waals surface area contributed by atoms with E-state index in [9.17, 15) is 18.0 Å². The first kappa shape index (κ1) is 24.7. The van der Waals surface area contributed by atoms with Crippen LogP contribution < -0.4 is 15.0 Å². The van der Waals surface area contributed by atoms with Crippen LogP contribution >= 0.6 is 11.6 Å². The lowest BCUT2D eigenvalue weighted by molar-refractivity contribution is -0.274. The quantitative estimate of drug-likeness (QED) is 0.462. The predicted octanol–water partition coefficient (Wildman–Crippen LogP) is 5.66. The fourth-order valence-corrected chi connectivity index (χ4v) is 3.58. The van der Waals surface area contributed by atoms with Crippen LogP contribution in [0.15, 0.2) is 54.8 Å². The van der Waals surface area contributed by atoms with E-state index in [1.807, 2.05) is 25.1 Å². The van der Waals surface area contributed by atoms with E-state index in [1.54, 1.807) is 25.1 Å². The number of hydroxylamine groups is 1. The van der Waals surface area contributed by atoms with Crippen LogP contribution in [0.25, 0.3) is 0 Å². The molecule has 1 N–H and O–H groups in total. The molecule has 0 spiro atoms. The molecule has 178 valence electrons. The Morgan fingerprint density at radius 2 is 1.94 bits per heavy atom. The number of carbonyl (C=O) groups is 1. The second-order valence-corrected chi connectivity index (χ2v) is 7.94. The SMILES string of the molecule is CCOC(=O)C[C@@H](c1ccc(OCc2ccc(Cl)c(OC(F)(F)F)c2)cc1)C1(C)C=CON1. The largest absolute Gasteiger partial charge is 0.573 e. The normalized spacial score (nSPS) is 18.5. The molecular formula is C23H23ClF3NO5. The van der Waals surface area contributed by atoms with Gasteiger partial charge in [0.2, 0.25) is 0 Å². The van der Waals surface area contributed by atoms with Crippen molar-refractivity contribution in [2.45, 2.75) is 44.7 Å². The minimum Gasteiger partial charge on any atom is -0.489 e. The minimum atomic E-state index is -4.84. The summed E-state index contributed by atoms with van der Waals surface area (Å²) >= 11 is 5.77. The maximum absolute atomic E-state index is 12.5. The Balaban J connectivity index is 1.70. The Kier molecular flexibility index (Phi) is 7.76. The van der Waals surface area contributed by atoms with Gasteiger partial charge in [0.25, 0.3) is 0 Å². The average Bonchev–Trinajstić information content (AvgIpc) is 3.20. The monoisotopic (exact) mass is 485 g/mol. The van der Waals surface area contributed by atoms with Gasteiger partial charge < -0.3 is 19.0 Å². The number of halogens is 4. The highest BCUT2D eigenvalue weighted by Crippen LogP contribution is 2.36. The third-order valence-corrected chi connectivity index (χ3v) is 5.38. The number of benzene rings is 2. The van der Waals surface area contributed by atoms with Crippen LogP contribution in [-0.4, -0.2) is 24.5 Å². The number of alkyl halides is 3. The summed E-state index contributed by atoms with van der Waals surface area (Å²) in [4.78, 5) is 17.3. The smallest absolute Gasteiger partial charge is 0.489 e. The Bertz CT molecular complexity index is 997. The number of hydrogen-bond acceptors (Lipinski definition) is 6. The zero-order valence-electron chi connectivity index (χ0n) is 17.9. The Labute approximate surface area is 194 Å². The van der Waals surface area contributed by atoms with E-state index < -0.39 is 17.7 Å². The summed E-state index contributed by atoms with van der Waals surface area (Å²) in [5.74, 6) is -0.596. The first-order chi connectivity index (χ1) is 15.6. The standard InChI is InChI=1S/C23H23ClF3NO5/c1-3-30-21(29)13-18(22(2)10-11-32-28-22)16-5-7-17(8-6-16)31-14-15-4-9-19(24)20(12-15)33-23(25,26)27/h4-12,18,28H,3,13-14H2,1-2H3/t18-,22?/m0/s1. The van der Waals surface area contributed by atoms with Crippen molar-refractivity contribution in [1.82, 2.24) is 5.48 Å². The molecule has 10 heteroatoms. The van der Waals surface area contributed by atoms with Crippen LogP contribution in [0.3, 0.4) is 0 Å². The maximum atomic E-state index is 12.5. The Morgan fingerprint density at radius 3 is 2.55 bits per heavy atom. The molecule has 0 fully saturated rings. The molecule has 1 unspecified atom stereocenters. The van der Waals surface area contributed by atoms with E-state index in [1.165, 1.54) is 18.4 Å². The predicted molar refractivity (Wildman–Crippen MR) is 115 cm³/mol. The second kappa shape index (κ2) is 10.4. The summed E-state index contributed by atoms with van der Waals surface area (Å²) in [5.41, 5.74) is 3.60. The van der Waals surface area contributed by atoms with E-state index in [4.69, 9.17) is 25.9 Å². The minimum absolute atomic E-state index is 0.00678. The van der Waals surface area contributed by atoms with Crippen molar-refractivity contribution in [1.29, 1.82) is 0 Å². The lowest BCUT2D eigenvalue weighted by Gasteiger charge is -2.31. The summed E-state index contributed by atoms with van der Waals surface area (Å²) in [7, 11) is 0. The number of nitrogens with one attached hydrogen (secondary N) is 1. The van der Waals surface area contributed by atoms with E-state index >= 15 is 0 Å². The number of ether oxygens (including phenoxy) is 3. The van der Waals surface area contributed by atoms with Gasteiger partial charge in [0.15, 0.2) is 0 Å². The molecule has 2 aromatic carbocycles. The highest BCUT2D eigenvalue weighted by atomic mass is 35.5. The molecule has 0 bridgehead atoms. The molecule has 6 nitrogen and oxygen atoms in total. The van der Waals surface area contributed by atoms with Crippen LogP contribution in [0.4, 0.5) is 13.2 Å². The van der Waals surface area contributed by atoms with Gasteiger partial charge in [-0.2, -0.15) is 0 Å². The van der Waals surface area contributed by atoms with Crippen molar-refractivity contribution < 1.29 is 37.0 Å². The van der Waals surface area contributed by atoms with Gasteiger partial charge >= 0.3 is 12.3 Å². The van der Waals surface area contributed by atoms with Crippen molar-refractivity contribution in [3.63, 3.8) is 0 Å². The van der Waals surface area contributed by atoms with Gasteiger partial charge in [0.1, 0.15) is 24.4 Å². The van der Waals surface area contributed by atoms with Gasteiger partial charge in [0.05, 0.1) is 23.6 Å². The topological polar surface area (TPSA) is 66.0 Å². The molecule has 33 heavy (non-hydrogen) atoms. The van der Waals surface area contributed by atoms with Crippen molar-refractivity contribution >= 4 is 17.6 Å².